The molecule has 11 rings (SSSR count). The second kappa shape index (κ2) is 12.5. The second-order valence-corrected chi connectivity index (χ2v) is 15.5. The number of aromatic nitrogens is 2. The molecule has 2 heteroatoms. The highest BCUT2D eigenvalue weighted by atomic mass is 15.0. The van der Waals surface area contributed by atoms with Crippen LogP contribution in [0.1, 0.15) is 44.5 Å². The summed E-state index contributed by atoms with van der Waals surface area (Å²) in [6.45, 7) is 4.58. The van der Waals surface area contributed by atoms with Crippen molar-refractivity contribution in [2.45, 2.75) is 33.1 Å². The Balaban J connectivity index is 0.943. The van der Waals surface area contributed by atoms with E-state index in [-0.39, 0.29) is 0 Å². The Morgan fingerprint density at radius 2 is 0.782 bits per heavy atom. The third-order valence-electron chi connectivity index (χ3n) is 12.1. The Bertz CT molecular complexity index is 2910. The fourth-order valence-electron chi connectivity index (χ4n) is 9.42. The molecule has 0 saturated heterocycles. The molecular formula is C53H40N2. The molecule has 1 aliphatic carbocycles. The molecule has 8 aromatic carbocycles. The zero-order chi connectivity index (χ0) is 36.6. The second-order valence-electron chi connectivity index (χ2n) is 15.5. The molecule has 0 saturated carbocycles. The number of hydrogen-bond donors (Lipinski definition) is 0. The topological polar surface area (TPSA) is 9.86 Å². The zero-order valence-electron chi connectivity index (χ0n) is 31.2. The highest BCUT2D eigenvalue weighted by molar-refractivity contribution is 6.10. The predicted octanol–water partition coefficient (Wildman–Crippen LogP) is 13.3. The third kappa shape index (κ3) is 5.16. The number of para-hydroxylation sites is 4. The summed E-state index contributed by atoms with van der Waals surface area (Å²) in [4.78, 5) is 0. The summed E-state index contributed by atoms with van der Waals surface area (Å²) in [6, 6.07) is 63.1. The van der Waals surface area contributed by atoms with Crippen LogP contribution in [0.3, 0.4) is 0 Å². The molecule has 55 heavy (non-hydrogen) atoms. The predicted molar refractivity (Wildman–Crippen MR) is 231 cm³/mol. The van der Waals surface area contributed by atoms with Crippen LogP contribution in [0.15, 0.2) is 170 Å². The molecular weight excluding hydrogens is 665 g/mol. The van der Waals surface area contributed by atoms with Crippen molar-refractivity contribution >= 4 is 43.6 Å². The lowest BCUT2D eigenvalue weighted by Crippen LogP contribution is -1.96. The van der Waals surface area contributed by atoms with Gasteiger partial charge in [0.2, 0.25) is 0 Å². The number of hydrogen-bond acceptors (Lipinski definition) is 0. The molecule has 2 heterocycles. The average molecular weight is 705 g/mol. The molecule has 0 spiro atoms. The number of benzene rings is 8. The Kier molecular flexibility index (Phi) is 7.22. The summed E-state index contributed by atoms with van der Waals surface area (Å²) in [5, 5.41) is 5.21. The quantitative estimate of drug-likeness (QED) is 0.163. The van der Waals surface area contributed by atoms with Crippen molar-refractivity contribution in [1.82, 2.24) is 9.13 Å². The van der Waals surface area contributed by atoms with Gasteiger partial charge in [0.1, 0.15) is 0 Å². The van der Waals surface area contributed by atoms with Crippen molar-refractivity contribution in [3.8, 4) is 22.5 Å². The van der Waals surface area contributed by atoms with E-state index in [0.717, 1.165) is 19.3 Å². The van der Waals surface area contributed by atoms with Gasteiger partial charge >= 0.3 is 0 Å². The van der Waals surface area contributed by atoms with Crippen LogP contribution in [0.25, 0.3) is 66.1 Å². The van der Waals surface area contributed by atoms with Gasteiger partial charge in [-0.05, 0) is 149 Å². The number of nitrogens with zero attached hydrogens (tertiary/aromatic N) is 2. The van der Waals surface area contributed by atoms with E-state index in [1.807, 2.05) is 0 Å². The highest BCUT2D eigenvalue weighted by Crippen LogP contribution is 2.41. The monoisotopic (exact) mass is 704 g/mol. The first kappa shape index (κ1) is 31.8. The minimum absolute atomic E-state index is 0.907. The minimum Gasteiger partial charge on any atom is -0.309 e. The zero-order valence-corrected chi connectivity index (χ0v) is 31.2. The number of fused-ring (bicyclic) bond motifs is 9. The molecule has 1 aliphatic rings. The van der Waals surface area contributed by atoms with Gasteiger partial charge in [0.25, 0.3) is 0 Å². The highest BCUT2D eigenvalue weighted by Gasteiger charge is 2.22. The molecule has 2 aromatic heterocycles. The maximum Gasteiger partial charge on any atom is 0.0541 e. The first-order valence-electron chi connectivity index (χ1n) is 19.5. The number of rotatable bonds is 6. The van der Waals surface area contributed by atoms with Gasteiger partial charge in [-0.3, -0.25) is 0 Å². The van der Waals surface area contributed by atoms with Crippen molar-refractivity contribution in [2.24, 2.45) is 0 Å². The van der Waals surface area contributed by atoms with E-state index in [9.17, 15) is 0 Å². The molecule has 10 aromatic rings. The Labute approximate surface area is 321 Å². The lowest BCUT2D eigenvalue weighted by Gasteiger charge is -2.13. The first-order chi connectivity index (χ1) is 27.1. The van der Waals surface area contributed by atoms with Gasteiger partial charge in [0.05, 0.1) is 22.1 Å². The SMILES string of the molecule is Cc1cc2c(cc1Cc1ccc3c(c1)c1ccccc1n3-c1ccccc1)-c1cc(Cc3ccc4c(c3)c3ccccc3n4-c3ccccc3)c(C)cc1C2. The summed E-state index contributed by atoms with van der Waals surface area (Å²) in [5.41, 5.74) is 21.3. The molecule has 0 unspecified atom stereocenters. The van der Waals surface area contributed by atoms with Crippen LogP contribution in [0.5, 0.6) is 0 Å². The largest absolute Gasteiger partial charge is 0.309 e. The van der Waals surface area contributed by atoms with E-state index in [1.165, 1.54) is 111 Å². The van der Waals surface area contributed by atoms with Crippen LogP contribution < -0.4 is 0 Å². The fraction of sp³-hybridized carbons (Fsp3) is 0.0943. The van der Waals surface area contributed by atoms with Crippen LogP contribution in [0.4, 0.5) is 0 Å². The third-order valence-corrected chi connectivity index (χ3v) is 12.1. The van der Waals surface area contributed by atoms with Gasteiger partial charge < -0.3 is 9.13 Å². The Hall–Kier alpha value is -6.64. The maximum atomic E-state index is 2.50. The molecule has 0 N–H and O–H groups in total. The lowest BCUT2D eigenvalue weighted by atomic mass is 9.92. The molecule has 0 radical (unpaired) electrons. The van der Waals surface area contributed by atoms with Gasteiger partial charge in [0, 0.05) is 32.9 Å². The van der Waals surface area contributed by atoms with Crippen LogP contribution >= 0.6 is 0 Å². The van der Waals surface area contributed by atoms with Crippen LogP contribution in [-0.4, -0.2) is 9.13 Å². The Morgan fingerprint density at radius 1 is 0.382 bits per heavy atom. The number of aryl methyl sites for hydroxylation is 2. The molecule has 262 valence electrons. The van der Waals surface area contributed by atoms with E-state index in [0.29, 0.717) is 0 Å². The summed E-state index contributed by atoms with van der Waals surface area (Å²) in [5.74, 6) is 0. The fourth-order valence-corrected chi connectivity index (χ4v) is 9.42. The van der Waals surface area contributed by atoms with Crippen molar-refractivity contribution < 1.29 is 0 Å². The van der Waals surface area contributed by atoms with Crippen molar-refractivity contribution in [3.63, 3.8) is 0 Å². The smallest absolute Gasteiger partial charge is 0.0541 e. The molecule has 0 aliphatic heterocycles. The van der Waals surface area contributed by atoms with Gasteiger partial charge in [-0.2, -0.15) is 0 Å². The minimum atomic E-state index is 0.907. The van der Waals surface area contributed by atoms with Gasteiger partial charge in [-0.15, -0.1) is 0 Å². The van der Waals surface area contributed by atoms with Gasteiger partial charge in [-0.1, -0.05) is 109 Å². The lowest BCUT2D eigenvalue weighted by molar-refractivity contribution is 1.13. The van der Waals surface area contributed by atoms with E-state index in [4.69, 9.17) is 0 Å². The van der Waals surface area contributed by atoms with Gasteiger partial charge in [0.15, 0.2) is 0 Å². The van der Waals surface area contributed by atoms with Crippen LogP contribution in [0.2, 0.25) is 0 Å². The molecule has 0 bridgehead atoms. The Morgan fingerprint density at radius 3 is 1.24 bits per heavy atom. The van der Waals surface area contributed by atoms with Crippen molar-refractivity contribution in [2.75, 3.05) is 0 Å². The van der Waals surface area contributed by atoms with E-state index >= 15 is 0 Å². The van der Waals surface area contributed by atoms with E-state index in [1.54, 1.807) is 0 Å². The molecule has 0 fully saturated rings. The van der Waals surface area contributed by atoms with E-state index < -0.39 is 0 Å². The summed E-state index contributed by atoms with van der Waals surface area (Å²) >= 11 is 0. The normalized spacial score (nSPS) is 12.3. The maximum absolute atomic E-state index is 2.50. The van der Waals surface area contributed by atoms with Crippen LogP contribution in [-0.2, 0) is 19.3 Å². The summed E-state index contributed by atoms with van der Waals surface area (Å²) < 4.78 is 4.79. The molecule has 0 amide bonds. The van der Waals surface area contributed by atoms with Crippen LogP contribution in [0, 0.1) is 13.8 Å². The standard InChI is InChI=1S/C53H40N2/c1-34-25-40-31-41-26-35(2)39(28-37-22-24-53-49(30-37)45-18-10-12-20-51(45)55(53)43-15-7-4-8-16-43)33-47(41)46(40)32-38(34)27-36-21-23-52-48(29-36)44-17-9-11-19-50(44)54(52)42-13-5-3-6-14-42/h3-26,29-30,32-33H,27-28,31H2,1-2H3. The van der Waals surface area contributed by atoms with Gasteiger partial charge in [-0.25, -0.2) is 0 Å². The van der Waals surface area contributed by atoms with E-state index in [2.05, 4.69) is 193 Å². The summed E-state index contributed by atoms with van der Waals surface area (Å²) in [7, 11) is 0. The first-order valence-corrected chi connectivity index (χ1v) is 19.5. The van der Waals surface area contributed by atoms with Crippen molar-refractivity contribution in [3.05, 3.63) is 214 Å². The molecule has 2 nitrogen and oxygen atoms in total. The average Bonchev–Trinajstić information content (AvgIpc) is 3.85. The van der Waals surface area contributed by atoms with Crippen molar-refractivity contribution in [1.29, 1.82) is 0 Å². The molecule has 0 atom stereocenters. The summed E-state index contributed by atoms with van der Waals surface area (Å²) in [6.07, 6.45) is 2.82.